The van der Waals surface area contributed by atoms with Gasteiger partial charge in [-0.05, 0) is 18.9 Å². The van der Waals surface area contributed by atoms with Crippen LogP contribution in [0.2, 0.25) is 0 Å². The van der Waals surface area contributed by atoms with Crippen molar-refractivity contribution in [1.29, 1.82) is 0 Å². The average Bonchev–Trinajstić information content (AvgIpc) is 2.30. The number of rotatable bonds is 2. The lowest BCUT2D eigenvalue weighted by Crippen LogP contribution is -2.29. The summed E-state index contributed by atoms with van der Waals surface area (Å²) < 4.78 is 0. The Hall–Kier alpha value is -1.44. The molecule has 0 aliphatic heterocycles. The van der Waals surface area contributed by atoms with Gasteiger partial charge in [0.1, 0.15) is 0 Å². The molecule has 1 aromatic heterocycles. The summed E-state index contributed by atoms with van der Waals surface area (Å²) in [4.78, 5) is 0. The van der Waals surface area contributed by atoms with Crippen LogP contribution in [0.15, 0.2) is 24.4 Å². The molecule has 0 bridgehead atoms. The van der Waals surface area contributed by atoms with Gasteiger partial charge in [0, 0.05) is 5.22 Å². The molecule has 1 aromatic rings. The van der Waals surface area contributed by atoms with Crippen LogP contribution >= 0.6 is 0 Å². The fraction of sp³-hybridized carbons (Fsp3) is 0.429. The molecule has 1 rings (SSSR count). The molecule has 1 heterocycles. The van der Waals surface area contributed by atoms with E-state index in [2.05, 4.69) is 30.1 Å². The van der Waals surface area contributed by atoms with Crippen molar-refractivity contribution in [2.75, 3.05) is 0 Å². The smallest absolute Gasteiger partial charge is 0.0892 e. The Labute approximate surface area is 98.4 Å². The van der Waals surface area contributed by atoms with Gasteiger partial charge < -0.3 is 0 Å². The highest BCUT2D eigenvalue weighted by molar-refractivity contribution is 5.37. The minimum absolute atomic E-state index is 0.490. The molecule has 0 radical (unpaired) electrons. The number of hydrogen-bond donors (Lipinski definition) is 0. The summed E-state index contributed by atoms with van der Waals surface area (Å²) in [6, 6.07) is 1.97. The van der Waals surface area contributed by atoms with Crippen LogP contribution in [0.25, 0.3) is 12.2 Å². The third kappa shape index (κ3) is 5.44. The molecule has 0 aromatic carbocycles. The van der Waals surface area contributed by atoms with Crippen molar-refractivity contribution >= 4 is 12.2 Å². The summed E-state index contributed by atoms with van der Waals surface area (Å²) in [5, 5.41) is 10.1. The Bertz CT molecular complexity index is 417. The fourth-order valence-corrected chi connectivity index (χ4v) is 1.14. The van der Waals surface area contributed by atoms with Gasteiger partial charge in [-0.3, -0.25) is 0 Å². The minimum Gasteiger partial charge on any atom is -0.159 e. The van der Waals surface area contributed by atoms with Crippen LogP contribution in [0.1, 0.15) is 34.6 Å². The summed E-state index contributed by atoms with van der Waals surface area (Å²) in [7, 11) is 0. The van der Waals surface area contributed by atoms with E-state index < -0.39 is 0 Å². The van der Waals surface area contributed by atoms with Crippen LogP contribution in [0.5, 0.6) is 0 Å². The normalized spacial score (nSPS) is 13.1. The third-order valence-corrected chi connectivity index (χ3v) is 1.74. The van der Waals surface area contributed by atoms with Crippen molar-refractivity contribution in [2.24, 2.45) is 5.92 Å². The number of nitrogens with zero attached hydrogens (tertiary/aromatic N) is 2. The lowest BCUT2D eigenvalue weighted by atomic mass is 10.2. The topological polar surface area (TPSA) is 25.8 Å². The van der Waals surface area contributed by atoms with E-state index in [0.29, 0.717) is 5.92 Å². The Morgan fingerprint density at radius 3 is 2.50 bits per heavy atom. The standard InChI is InChI=1S/C12H16N2.C2H6/c1-4-5-6-11-7-8-13-14-12(11)9-10(2)3;1-2/h4-10H,1-3H3;1-2H3/b5-4-,11-6-,12-9+;. The summed E-state index contributed by atoms with van der Waals surface area (Å²) >= 11 is 0. The van der Waals surface area contributed by atoms with Crippen molar-refractivity contribution in [3.8, 4) is 0 Å². The van der Waals surface area contributed by atoms with Crippen molar-refractivity contribution in [3.05, 3.63) is 35.0 Å². The highest BCUT2D eigenvalue weighted by atomic mass is 15.1. The highest BCUT2D eigenvalue weighted by Gasteiger charge is 1.88. The van der Waals surface area contributed by atoms with Gasteiger partial charge in [0.05, 0.1) is 11.5 Å². The second-order valence-corrected chi connectivity index (χ2v) is 3.47. The summed E-state index contributed by atoms with van der Waals surface area (Å²) in [5.41, 5.74) is 0. The largest absolute Gasteiger partial charge is 0.159 e. The zero-order valence-corrected chi connectivity index (χ0v) is 10.9. The highest BCUT2D eigenvalue weighted by Crippen LogP contribution is 1.89. The Balaban J connectivity index is 0.00000106. The molecule has 0 spiro atoms. The van der Waals surface area contributed by atoms with E-state index in [1.165, 1.54) is 0 Å². The second kappa shape index (κ2) is 8.84. The lowest BCUT2D eigenvalue weighted by Gasteiger charge is -1.92. The van der Waals surface area contributed by atoms with Crippen LogP contribution < -0.4 is 10.6 Å². The fourth-order valence-electron chi connectivity index (χ4n) is 1.14. The Kier molecular flexibility index (Phi) is 8.04. The van der Waals surface area contributed by atoms with Gasteiger partial charge >= 0.3 is 0 Å². The summed E-state index contributed by atoms with van der Waals surface area (Å²) in [6.45, 7) is 10.3. The van der Waals surface area contributed by atoms with Crippen LogP contribution in [0, 0.1) is 5.92 Å². The maximum absolute atomic E-state index is 4.10. The average molecular weight is 218 g/mol. The van der Waals surface area contributed by atoms with Gasteiger partial charge in [0.2, 0.25) is 0 Å². The van der Waals surface area contributed by atoms with E-state index in [4.69, 9.17) is 0 Å². The molecule has 16 heavy (non-hydrogen) atoms. The minimum atomic E-state index is 0.490. The maximum Gasteiger partial charge on any atom is 0.0892 e. The molecule has 0 amide bonds. The van der Waals surface area contributed by atoms with Gasteiger partial charge in [-0.1, -0.05) is 52.0 Å². The lowest BCUT2D eigenvalue weighted by molar-refractivity contribution is 0.864. The molecule has 0 saturated heterocycles. The van der Waals surface area contributed by atoms with Gasteiger partial charge in [-0.2, -0.15) is 10.2 Å². The molecule has 0 fully saturated rings. The molecule has 2 nitrogen and oxygen atoms in total. The molecule has 0 N–H and O–H groups in total. The molecular formula is C14H22N2. The van der Waals surface area contributed by atoms with E-state index in [-0.39, 0.29) is 0 Å². The number of allylic oxidation sites excluding steroid dienone is 2. The first kappa shape index (κ1) is 14.6. The van der Waals surface area contributed by atoms with Crippen LogP contribution in [0.3, 0.4) is 0 Å². The second-order valence-electron chi connectivity index (χ2n) is 3.47. The molecule has 0 aliphatic carbocycles. The predicted octanol–water partition coefficient (Wildman–Crippen LogP) is 2.30. The zero-order valence-electron chi connectivity index (χ0n) is 10.9. The maximum atomic E-state index is 4.10. The van der Waals surface area contributed by atoms with E-state index in [0.717, 1.165) is 10.6 Å². The van der Waals surface area contributed by atoms with Crippen LogP contribution in [0.4, 0.5) is 0 Å². The van der Waals surface area contributed by atoms with Crippen molar-refractivity contribution in [1.82, 2.24) is 10.2 Å². The molecule has 0 saturated carbocycles. The molecule has 0 aliphatic rings. The van der Waals surface area contributed by atoms with Gasteiger partial charge in [0.25, 0.3) is 0 Å². The van der Waals surface area contributed by atoms with E-state index in [9.17, 15) is 0 Å². The number of aromatic nitrogens is 2. The van der Waals surface area contributed by atoms with E-state index >= 15 is 0 Å². The van der Waals surface area contributed by atoms with E-state index in [1.807, 2.05) is 45.1 Å². The summed E-state index contributed by atoms with van der Waals surface area (Å²) in [6.07, 6.45) is 9.88. The van der Waals surface area contributed by atoms with Crippen LogP contribution in [-0.2, 0) is 0 Å². The summed E-state index contributed by atoms with van der Waals surface area (Å²) in [5.74, 6) is 0.490. The van der Waals surface area contributed by atoms with Gasteiger partial charge in [-0.25, -0.2) is 0 Å². The third-order valence-electron chi connectivity index (χ3n) is 1.74. The van der Waals surface area contributed by atoms with Gasteiger partial charge in [0.15, 0.2) is 0 Å². The van der Waals surface area contributed by atoms with Crippen molar-refractivity contribution in [2.45, 2.75) is 34.6 Å². The van der Waals surface area contributed by atoms with Gasteiger partial charge in [-0.15, -0.1) is 0 Å². The molecule has 0 atom stereocenters. The quantitative estimate of drug-likeness (QED) is 0.761. The molecule has 0 unspecified atom stereocenters. The zero-order chi connectivity index (χ0) is 12.4. The van der Waals surface area contributed by atoms with Crippen molar-refractivity contribution in [3.63, 3.8) is 0 Å². The first-order valence-corrected chi connectivity index (χ1v) is 5.86. The first-order valence-electron chi connectivity index (χ1n) is 5.86. The van der Waals surface area contributed by atoms with E-state index in [1.54, 1.807) is 6.20 Å². The number of hydrogen-bond acceptors (Lipinski definition) is 2. The SMILES string of the molecule is CC.C\C=C/C=c1/ccnn/c1=C/C(C)C. The first-order chi connectivity index (χ1) is 7.74. The molecule has 2 heteroatoms. The van der Waals surface area contributed by atoms with Crippen molar-refractivity contribution < 1.29 is 0 Å². The predicted molar refractivity (Wildman–Crippen MR) is 71.2 cm³/mol. The monoisotopic (exact) mass is 218 g/mol. The Morgan fingerprint density at radius 2 is 1.94 bits per heavy atom. The molecule has 88 valence electrons. The Morgan fingerprint density at radius 1 is 1.25 bits per heavy atom. The molecular weight excluding hydrogens is 196 g/mol. The van der Waals surface area contributed by atoms with Crippen LogP contribution in [-0.4, -0.2) is 10.2 Å².